The summed E-state index contributed by atoms with van der Waals surface area (Å²) in [6, 6.07) is 6.62. The Morgan fingerprint density at radius 3 is 2.71 bits per heavy atom. The monoisotopic (exact) mass is 399 g/mol. The molecule has 10 heteroatoms. The quantitative estimate of drug-likeness (QED) is 0.381. The lowest BCUT2D eigenvalue weighted by atomic mass is 10.1. The fraction of sp³-hybridized carbons (Fsp3) is 0.222. The van der Waals surface area contributed by atoms with Gasteiger partial charge in [-0.1, -0.05) is 6.07 Å². The molecule has 0 aliphatic carbocycles. The summed E-state index contributed by atoms with van der Waals surface area (Å²) in [5.74, 6) is -1.38. The highest BCUT2D eigenvalue weighted by Crippen LogP contribution is 2.26. The minimum absolute atomic E-state index is 0.175. The van der Waals surface area contributed by atoms with Gasteiger partial charge in [-0.05, 0) is 31.4 Å². The summed E-state index contributed by atoms with van der Waals surface area (Å²) in [6.07, 6.45) is 3.42. The maximum absolute atomic E-state index is 12.4. The first-order valence-electron chi connectivity index (χ1n) is 8.23. The van der Waals surface area contributed by atoms with Gasteiger partial charge in [0, 0.05) is 29.3 Å². The molecule has 9 nitrogen and oxygen atoms in total. The van der Waals surface area contributed by atoms with Crippen LogP contribution >= 0.6 is 11.8 Å². The first kappa shape index (κ1) is 19.5. The van der Waals surface area contributed by atoms with E-state index in [4.69, 9.17) is 4.74 Å². The molecule has 0 aliphatic heterocycles. The van der Waals surface area contributed by atoms with Crippen molar-refractivity contribution in [1.82, 2.24) is 19.6 Å². The Bertz CT molecular complexity index is 1080. The van der Waals surface area contributed by atoms with Crippen LogP contribution in [0.5, 0.6) is 0 Å². The Hall–Kier alpha value is -3.27. The van der Waals surface area contributed by atoms with Crippen LogP contribution in [0.1, 0.15) is 33.6 Å². The zero-order valence-electron chi connectivity index (χ0n) is 15.4. The maximum Gasteiger partial charge on any atom is 0.378 e. The molecule has 2 aromatic heterocycles. The number of benzene rings is 1. The topological polar surface area (TPSA) is 116 Å². The number of esters is 1. The van der Waals surface area contributed by atoms with Crippen molar-refractivity contribution in [2.45, 2.75) is 18.7 Å². The first-order chi connectivity index (χ1) is 13.4. The molecular formula is C18H17N5O4S. The molecule has 1 aromatic carbocycles. The number of anilines is 1. The minimum Gasteiger partial charge on any atom is -0.451 e. The van der Waals surface area contributed by atoms with Gasteiger partial charge in [0.15, 0.2) is 12.4 Å². The number of nitrogens with one attached hydrogen (secondary N) is 1. The van der Waals surface area contributed by atoms with Gasteiger partial charge in [-0.3, -0.25) is 9.59 Å². The molecule has 0 spiro atoms. The van der Waals surface area contributed by atoms with Gasteiger partial charge in [-0.15, -0.1) is 16.9 Å². The predicted molar refractivity (Wildman–Crippen MR) is 103 cm³/mol. The van der Waals surface area contributed by atoms with E-state index in [1.54, 1.807) is 37.4 Å². The number of amides is 1. The normalized spacial score (nSPS) is 10.7. The van der Waals surface area contributed by atoms with Gasteiger partial charge < -0.3 is 10.1 Å². The molecule has 0 radical (unpaired) electrons. The number of ether oxygens (including phenoxy) is 1. The highest BCUT2D eigenvalue weighted by Gasteiger charge is 2.18. The van der Waals surface area contributed by atoms with Crippen molar-refractivity contribution >= 4 is 40.9 Å². The van der Waals surface area contributed by atoms with Gasteiger partial charge in [0.1, 0.15) is 0 Å². The fourth-order valence-electron chi connectivity index (χ4n) is 2.44. The van der Waals surface area contributed by atoms with Gasteiger partial charge in [0.2, 0.25) is 5.91 Å². The summed E-state index contributed by atoms with van der Waals surface area (Å²) >= 11 is 1.44. The third kappa shape index (κ3) is 4.17. The number of rotatable bonds is 6. The van der Waals surface area contributed by atoms with E-state index in [2.05, 4.69) is 20.4 Å². The second-order valence-corrected chi connectivity index (χ2v) is 6.68. The third-order valence-corrected chi connectivity index (χ3v) is 4.57. The second-order valence-electron chi connectivity index (χ2n) is 5.83. The summed E-state index contributed by atoms with van der Waals surface area (Å²) in [4.78, 5) is 44.7. The Kier molecular flexibility index (Phi) is 5.69. The lowest BCUT2D eigenvalue weighted by Crippen LogP contribution is -2.16. The highest BCUT2D eigenvalue weighted by molar-refractivity contribution is 7.98. The molecule has 0 saturated carbocycles. The zero-order chi connectivity index (χ0) is 20.3. The number of hydrogen-bond acceptors (Lipinski definition) is 8. The molecule has 3 rings (SSSR count). The van der Waals surface area contributed by atoms with E-state index in [-0.39, 0.29) is 17.5 Å². The lowest BCUT2D eigenvalue weighted by Gasteiger charge is -2.10. The Morgan fingerprint density at radius 1 is 1.25 bits per heavy atom. The SMILES string of the molecule is CSc1ccc(C(=O)COC(=O)c2nc3nccc(C)n3n2)cc1NC(C)=O. The van der Waals surface area contributed by atoms with Crippen molar-refractivity contribution in [2.24, 2.45) is 0 Å². The summed E-state index contributed by atoms with van der Waals surface area (Å²) in [5.41, 5.74) is 1.60. The number of Topliss-reactive ketones (excluding diaryl/α,β-unsaturated/α-hetero) is 1. The van der Waals surface area contributed by atoms with Crippen molar-refractivity contribution in [3.8, 4) is 0 Å². The summed E-state index contributed by atoms with van der Waals surface area (Å²) in [7, 11) is 0. The van der Waals surface area contributed by atoms with E-state index in [9.17, 15) is 14.4 Å². The molecule has 0 saturated heterocycles. The van der Waals surface area contributed by atoms with Crippen molar-refractivity contribution in [3.63, 3.8) is 0 Å². The first-order valence-corrected chi connectivity index (χ1v) is 9.46. The molecule has 28 heavy (non-hydrogen) atoms. The van der Waals surface area contributed by atoms with Gasteiger partial charge in [-0.2, -0.15) is 4.98 Å². The van der Waals surface area contributed by atoms with Crippen molar-refractivity contribution in [2.75, 3.05) is 18.2 Å². The molecule has 1 N–H and O–H groups in total. The van der Waals surface area contributed by atoms with E-state index in [0.717, 1.165) is 10.6 Å². The molecule has 1 amide bonds. The number of ketones is 1. The van der Waals surface area contributed by atoms with Crippen LogP contribution in [0.4, 0.5) is 5.69 Å². The number of carbonyl (C=O) groups excluding carboxylic acids is 3. The van der Waals surface area contributed by atoms with Crippen LogP contribution in [-0.4, -0.2) is 50.1 Å². The maximum atomic E-state index is 12.4. The average molecular weight is 399 g/mol. The number of carbonyl (C=O) groups is 3. The van der Waals surface area contributed by atoms with Gasteiger partial charge in [-0.25, -0.2) is 14.3 Å². The lowest BCUT2D eigenvalue weighted by molar-refractivity contribution is -0.114. The van der Waals surface area contributed by atoms with E-state index in [1.807, 2.05) is 6.26 Å². The van der Waals surface area contributed by atoms with E-state index < -0.39 is 18.4 Å². The predicted octanol–water partition coefficient (Wildman–Crippen LogP) is 2.15. The third-order valence-electron chi connectivity index (χ3n) is 3.78. The average Bonchev–Trinajstić information content (AvgIpc) is 3.11. The van der Waals surface area contributed by atoms with Crippen LogP contribution in [0.25, 0.3) is 5.78 Å². The van der Waals surface area contributed by atoms with Crippen LogP contribution in [0, 0.1) is 6.92 Å². The molecule has 144 valence electrons. The Morgan fingerprint density at radius 2 is 2.04 bits per heavy atom. The highest BCUT2D eigenvalue weighted by atomic mass is 32.2. The fourth-order valence-corrected chi connectivity index (χ4v) is 2.97. The van der Waals surface area contributed by atoms with Crippen molar-refractivity contribution in [1.29, 1.82) is 0 Å². The molecule has 0 bridgehead atoms. The number of aryl methyl sites for hydroxylation is 1. The molecule has 0 aliphatic rings. The molecule has 3 aromatic rings. The van der Waals surface area contributed by atoms with Gasteiger partial charge in [0.05, 0.1) is 5.69 Å². The van der Waals surface area contributed by atoms with Gasteiger partial charge in [0.25, 0.3) is 11.6 Å². The Labute approximate surface area is 164 Å². The smallest absolute Gasteiger partial charge is 0.378 e. The zero-order valence-corrected chi connectivity index (χ0v) is 16.2. The van der Waals surface area contributed by atoms with E-state index in [0.29, 0.717) is 11.3 Å². The number of hydrogen-bond donors (Lipinski definition) is 1. The van der Waals surface area contributed by atoms with E-state index >= 15 is 0 Å². The molecule has 2 heterocycles. The van der Waals surface area contributed by atoms with Crippen LogP contribution in [0.15, 0.2) is 35.4 Å². The standard InChI is InChI=1S/C18H17N5O4S/c1-10-6-7-19-18-21-16(22-23(10)18)17(26)27-9-14(25)12-4-5-15(28-3)13(8-12)20-11(2)24/h4-8H,9H2,1-3H3,(H,20,24). The van der Waals surface area contributed by atoms with Crippen LogP contribution in [0.3, 0.4) is 0 Å². The van der Waals surface area contributed by atoms with Crippen molar-refractivity contribution in [3.05, 3.63) is 47.5 Å². The summed E-state index contributed by atoms with van der Waals surface area (Å²) in [6.45, 7) is 2.71. The summed E-state index contributed by atoms with van der Waals surface area (Å²) in [5, 5.41) is 6.72. The second kappa shape index (κ2) is 8.17. The minimum atomic E-state index is -0.818. The van der Waals surface area contributed by atoms with Crippen molar-refractivity contribution < 1.29 is 19.1 Å². The number of aromatic nitrogens is 4. The molecule has 0 atom stereocenters. The molecular weight excluding hydrogens is 382 g/mol. The van der Waals surface area contributed by atoms with E-state index in [1.165, 1.54) is 23.2 Å². The van der Waals surface area contributed by atoms with Gasteiger partial charge >= 0.3 is 5.97 Å². The molecule has 0 unspecified atom stereocenters. The van der Waals surface area contributed by atoms with Crippen LogP contribution in [-0.2, 0) is 9.53 Å². The summed E-state index contributed by atoms with van der Waals surface area (Å²) < 4.78 is 6.46. The van der Waals surface area contributed by atoms with Crippen LogP contribution in [0.2, 0.25) is 0 Å². The number of thioether (sulfide) groups is 1. The number of fused-ring (bicyclic) bond motifs is 1. The molecule has 0 fully saturated rings. The van der Waals surface area contributed by atoms with Crippen LogP contribution < -0.4 is 5.32 Å². The number of nitrogens with zero attached hydrogens (tertiary/aromatic N) is 4. The largest absolute Gasteiger partial charge is 0.451 e. The Balaban J connectivity index is 1.71.